The normalized spacial score (nSPS) is 17.9. The molecule has 7 nitrogen and oxygen atoms in total. The highest BCUT2D eigenvalue weighted by atomic mass is 16.5. The van der Waals surface area contributed by atoms with E-state index in [9.17, 15) is 4.79 Å². The van der Waals surface area contributed by atoms with E-state index < -0.39 is 0 Å². The number of amides is 1. The molecule has 0 spiro atoms. The van der Waals surface area contributed by atoms with Crippen LogP contribution < -0.4 is 20.3 Å². The first-order valence-electron chi connectivity index (χ1n) is 11.8. The van der Waals surface area contributed by atoms with Gasteiger partial charge in [0.05, 0.1) is 5.69 Å². The van der Waals surface area contributed by atoms with Crippen molar-refractivity contribution in [2.75, 3.05) is 50.9 Å². The van der Waals surface area contributed by atoms with Gasteiger partial charge in [-0.3, -0.25) is 9.79 Å². The van der Waals surface area contributed by atoms with E-state index >= 15 is 0 Å². The third kappa shape index (κ3) is 6.60. The van der Waals surface area contributed by atoms with Crippen molar-refractivity contribution in [2.24, 2.45) is 10.4 Å². The van der Waals surface area contributed by atoms with Gasteiger partial charge in [-0.2, -0.15) is 0 Å². The van der Waals surface area contributed by atoms with Crippen molar-refractivity contribution in [3.63, 3.8) is 0 Å². The zero-order chi connectivity index (χ0) is 21.9. The van der Waals surface area contributed by atoms with Crippen LogP contribution in [0, 0.1) is 5.41 Å². The Balaban J connectivity index is 1.50. The van der Waals surface area contributed by atoms with E-state index in [0.717, 1.165) is 63.1 Å². The number of carbonyl (C=O) groups is 1. The zero-order valence-electron chi connectivity index (χ0n) is 19.1. The first kappa shape index (κ1) is 23.4. The highest BCUT2D eigenvalue weighted by molar-refractivity contribution is 5.97. The van der Waals surface area contributed by atoms with Gasteiger partial charge in [0, 0.05) is 39.4 Å². The highest BCUT2D eigenvalue weighted by Crippen LogP contribution is 2.41. The third-order valence-electron chi connectivity index (χ3n) is 6.22. The number of nitrogens with zero attached hydrogens (tertiary/aromatic N) is 2. The number of para-hydroxylation sites is 2. The first-order valence-corrected chi connectivity index (χ1v) is 11.8. The Kier molecular flexibility index (Phi) is 9.00. The van der Waals surface area contributed by atoms with Crippen LogP contribution in [-0.4, -0.2) is 57.9 Å². The van der Waals surface area contributed by atoms with Gasteiger partial charge in [-0.25, -0.2) is 0 Å². The fraction of sp³-hybridized carbons (Fsp3) is 0.667. The van der Waals surface area contributed by atoms with Crippen LogP contribution in [0.2, 0.25) is 0 Å². The van der Waals surface area contributed by atoms with Crippen molar-refractivity contribution in [3.8, 4) is 5.75 Å². The molecule has 2 aliphatic rings. The van der Waals surface area contributed by atoms with Crippen molar-refractivity contribution in [1.29, 1.82) is 0 Å². The Bertz CT molecular complexity index is 731. The maximum absolute atomic E-state index is 12.3. The van der Waals surface area contributed by atoms with Gasteiger partial charge in [0.2, 0.25) is 0 Å². The molecule has 0 atom stereocenters. The molecule has 1 amide bonds. The molecular weight excluding hydrogens is 392 g/mol. The van der Waals surface area contributed by atoms with Crippen LogP contribution in [0.4, 0.5) is 5.69 Å². The molecule has 1 saturated carbocycles. The lowest BCUT2D eigenvalue weighted by atomic mass is 9.83. The smallest absolute Gasteiger partial charge is 0.265 e. The van der Waals surface area contributed by atoms with Crippen molar-refractivity contribution in [3.05, 3.63) is 24.3 Å². The molecule has 0 radical (unpaired) electrons. The number of guanidine groups is 1. The van der Waals surface area contributed by atoms with Crippen molar-refractivity contribution in [1.82, 2.24) is 10.6 Å². The molecule has 172 valence electrons. The lowest BCUT2D eigenvalue weighted by Crippen LogP contribution is -2.42. The van der Waals surface area contributed by atoms with Crippen LogP contribution in [0.25, 0.3) is 0 Å². The molecular formula is C24H38N4O3. The number of fused-ring (bicyclic) bond motifs is 1. The van der Waals surface area contributed by atoms with Gasteiger partial charge >= 0.3 is 0 Å². The Morgan fingerprint density at radius 3 is 2.81 bits per heavy atom. The quantitative estimate of drug-likeness (QED) is 0.320. The van der Waals surface area contributed by atoms with Gasteiger partial charge in [0.1, 0.15) is 5.75 Å². The molecule has 3 rings (SSSR count). The number of nitrogens with one attached hydrogen (secondary N) is 2. The number of benzene rings is 1. The van der Waals surface area contributed by atoms with Gasteiger partial charge in [-0.05, 0) is 57.1 Å². The Hall–Kier alpha value is -2.28. The highest BCUT2D eigenvalue weighted by Gasteiger charge is 2.33. The fourth-order valence-electron chi connectivity index (χ4n) is 4.48. The van der Waals surface area contributed by atoms with Crippen LogP contribution in [0.1, 0.15) is 52.4 Å². The summed E-state index contributed by atoms with van der Waals surface area (Å²) in [7, 11) is 0. The van der Waals surface area contributed by atoms with E-state index in [1.807, 2.05) is 29.2 Å². The molecule has 31 heavy (non-hydrogen) atoms. The van der Waals surface area contributed by atoms with Crippen molar-refractivity contribution < 1.29 is 14.3 Å². The SMILES string of the molecule is CCNC(=NCC1(CCOCC)CCCC1)NCCCN1C(=O)COc2ccccc21. The predicted molar refractivity (Wildman–Crippen MR) is 125 cm³/mol. The number of rotatable bonds is 11. The molecule has 2 N–H and O–H groups in total. The largest absolute Gasteiger partial charge is 0.482 e. The molecule has 1 aromatic carbocycles. The number of hydrogen-bond acceptors (Lipinski definition) is 4. The summed E-state index contributed by atoms with van der Waals surface area (Å²) < 4.78 is 11.1. The minimum absolute atomic E-state index is 0.0109. The van der Waals surface area contributed by atoms with Gasteiger partial charge in [-0.1, -0.05) is 25.0 Å². The van der Waals surface area contributed by atoms with Gasteiger partial charge in [0.15, 0.2) is 12.6 Å². The average Bonchev–Trinajstić information content (AvgIpc) is 3.25. The van der Waals surface area contributed by atoms with Gasteiger partial charge in [0.25, 0.3) is 5.91 Å². The fourth-order valence-corrected chi connectivity index (χ4v) is 4.48. The summed E-state index contributed by atoms with van der Waals surface area (Å²) in [6, 6.07) is 7.72. The van der Waals surface area contributed by atoms with Crippen LogP contribution in [0.15, 0.2) is 29.3 Å². The maximum Gasteiger partial charge on any atom is 0.265 e. The van der Waals surface area contributed by atoms with Crippen LogP contribution in [-0.2, 0) is 9.53 Å². The summed E-state index contributed by atoms with van der Waals surface area (Å²) >= 11 is 0. The molecule has 1 heterocycles. The number of anilines is 1. The summed E-state index contributed by atoms with van der Waals surface area (Å²) in [5.74, 6) is 1.65. The second-order valence-corrected chi connectivity index (χ2v) is 8.43. The molecule has 7 heteroatoms. The summed E-state index contributed by atoms with van der Waals surface area (Å²) in [6.45, 7) is 8.92. The van der Waals surface area contributed by atoms with Crippen LogP contribution in [0.3, 0.4) is 0 Å². The second-order valence-electron chi connectivity index (χ2n) is 8.43. The van der Waals surface area contributed by atoms with E-state index in [1.54, 1.807) is 0 Å². The van der Waals surface area contributed by atoms with Gasteiger partial charge in [-0.15, -0.1) is 0 Å². The molecule has 0 bridgehead atoms. The van der Waals surface area contributed by atoms with Crippen molar-refractivity contribution in [2.45, 2.75) is 52.4 Å². The monoisotopic (exact) mass is 430 g/mol. The topological polar surface area (TPSA) is 75.2 Å². The first-order chi connectivity index (χ1) is 15.2. The summed E-state index contributed by atoms with van der Waals surface area (Å²) in [4.78, 5) is 19.1. The molecule has 0 saturated heterocycles. The van der Waals surface area contributed by atoms with Crippen LogP contribution in [0.5, 0.6) is 5.75 Å². The molecule has 0 unspecified atom stereocenters. The summed E-state index contributed by atoms with van der Waals surface area (Å²) in [6.07, 6.45) is 6.98. The Morgan fingerprint density at radius 1 is 1.23 bits per heavy atom. The van der Waals surface area contributed by atoms with E-state index in [-0.39, 0.29) is 17.9 Å². The lowest BCUT2D eigenvalue weighted by Gasteiger charge is -2.29. The minimum Gasteiger partial charge on any atom is -0.482 e. The number of ether oxygens (including phenoxy) is 2. The molecule has 1 aromatic rings. The Morgan fingerprint density at radius 2 is 2.03 bits per heavy atom. The van der Waals surface area contributed by atoms with E-state index in [4.69, 9.17) is 14.5 Å². The third-order valence-corrected chi connectivity index (χ3v) is 6.22. The molecule has 1 aliphatic heterocycles. The molecule has 1 aliphatic carbocycles. The predicted octanol–water partition coefficient (Wildman–Crippen LogP) is 3.34. The molecule has 0 aromatic heterocycles. The number of carbonyl (C=O) groups excluding carboxylic acids is 1. The second kappa shape index (κ2) is 11.9. The maximum atomic E-state index is 12.3. The van der Waals surface area contributed by atoms with Crippen molar-refractivity contribution >= 4 is 17.6 Å². The van der Waals surface area contributed by atoms with E-state index in [0.29, 0.717) is 6.54 Å². The molecule has 1 fully saturated rings. The van der Waals surface area contributed by atoms with E-state index in [2.05, 4.69) is 24.5 Å². The summed E-state index contributed by atoms with van der Waals surface area (Å²) in [5.41, 5.74) is 1.14. The summed E-state index contributed by atoms with van der Waals surface area (Å²) in [5, 5.41) is 6.81. The standard InChI is InChI=1S/C24H38N4O3/c1-3-25-23(27-19-24(12-7-8-13-24)14-17-30-4-2)26-15-9-16-28-20-10-5-6-11-21(20)31-18-22(28)29/h5-6,10-11H,3-4,7-9,12-19H2,1-2H3,(H2,25,26,27). The number of hydrogen-bond donors (Lipinski definition) is 2. The van der Waals surface area contributed by atoms with Crippen LogP contribution >= 0.6 is 0 Å². The lowest BCUT2D eigenvalue weighted by molar-refractivity contribution is -0.121. The minimum atomic E-state index is 0.0109. The Labute approximate surface area is 186 Å². The van der Waals surface area contributed by atoms with E-state index in [1.165, 1.54) is 25.7 Å². The zero-order valence-corrected chi connectivity index (χ0v) is 19.1. The number of aliphatic imine (C=N–C) groups is 1. The van der Waals surface area contributed by atoms with Gasteiger partial charge < -0.3 is 25.0 Å². The average molecular weight is 431 g/mol.